The summed E-state index contributed by atoms with van der Waals surface area (Å²) in [6.07, 6.45) is -1.55. The molecule has 0 radical (unpaired) electrons. The van der Waals surface area contributed by atoms with Crippen LogP contribution in [0.15, 0.2) is 61.1 Å². The van der Waals surface area contributed by atoms with E-state index in [4.69, 9.17) is 16.3 Å². The Morgan fingerprint density at radius 1 is 1.12 bits per heavy atom. The Bertz CT molecular complexity index is 1340. The minimum Gasteiger partial charge on any atom is -0.439 e. The van der Waals surface area contributed by atoms with Crippen molar-refractivity contribution in [1.82, 2.24) is 14.5 Å². The molecule has 6 nitrogen and oxygen atoms in total. The summed E-state index contributed by atoms with van der Waals surface area (Å²) in [5.41, 5.74) is 0.266. The minimum atomic E-state index is -4.50. The van der Waals surface area contributed by atoms with Gasteiger partial charge < -0.3 is 14.6 Å². The van der Waals surface area contributed by atoms with Crippen LogP contribution in [0.5, 0.6) is 11.6 Å². The summed E-state index contributed by atoms with van der Waals surface area (Å²) >= 11 is 5.87. The Kier molecular flexibility index (Phi) is 5.99. The average Bonchev–Trinajstić information content (AvgIpc) is 3.13. The fraction of sp³-hybridized carbons (Fsp3) is 0.174. The van der Waals surface area contributed by atoms with Crippen LogP contribution < -0.4 is 10.1 Å². The number of hydrogen-bond acceptors (Lipinski definition) is 4. The molecule has 170 valence electrons. The molecule has 0 aliphatic carbocycles. The molecule has 0 saturated heterocycles. The third-order valence-electron chi connectivity index (χ3n) is 4.89. The zero-order chi connectivity index (χ0) is 23.8. The second kappa shape index (κ2) is 8.74. The highest BCUT2D eigenvalue weighted by molar-refractivity contribution is 6.29. The number of anilines is 1. The molecular formula is C23H18ClF3N4O2. The number of nitrogens with one attached hydrogen (secondary N) is 1. The molecule has 2 aromatic carbocycles. The third-order valence-corrected chi connectivity index (χ3v) is 5.09. The van der Waals surface area contributed by atoms with Crippen molar-refractivity contribution in [3.63, 3.8) is 0 Å². The summed E-state index contributed by atoms with van der Waals surface area (Å²) in [5.74, 6) is 0.219. The number of halogens is 4. The van der Waals surface area contributed by atoms with E-state index in [-0.39, 0.29) is 22.8 Å². The number of hydrogen-bond donors (Lipinski definition) is 1. The van der Waals surface area contributed by atoms with E-state index in [1.54, 1.807) is 24.4 Å². The fourth-order valence-corrected chi connectivity index (χ4v) is 3.51. The summed E-state index contributed by atoms with van der Waals surface area (Å²) in [4.78, 5) is 20.8. The number of benzene rings is 2. The quantitative estimate of drug-likeness (QED) is 0.326. The molecule has 2 aromatic heterocycles. The molecular weight excluding hydrogens is 457 g/mol. The van der Waals surface area contributed by atoms with E-state index in [1.165, 1.54) is 24.5 Å². The molecule has 2 heterocycles. The number of nitrogens with zero attached hydrogens (tertiary/aromatic N) is 3. The summed E-state index contributed by atoms with van der Waals surface area (Å²) in [6, 6.07) is 11.1. The molecule has 0 bridgehead atoms. The van der Waals surface area contributed by atoms with Crippen LogP contribution in [0, 0.1) is 0 Å². The molecule has 4 aromatic rings. The molecule has 0 unspecified atom stereocenters. The van der Waals surface area contributed by atoms with Gasteiger partial charge in [0, 0.05) is 35.4 Å². The number of ether oxygens (including phenoxy) is 1. The highest BCUT2D eigenvalue weighted by Crippen LogP contribution is 2.33. The first-order chi connectivity index (χ1) is 15.6. The van der Waals surface area contributed by atoms with Crippen molar-refractivity contribution in [2.24, 2.45) is 0 Å². The predicted octanol–water partition coefficient (Wildman–Crippen LogP) is 6.73. The average molecular weight is 475 g/mol. The first-order valence-electron chi connectivity index (χ1n) is 9.90. The molecule has 0 fully saturated rings. The van der Waals surface area contributed by atoms with Crippen molar-refractivity contribution in [2.75, 3.05) is 5.32 Å². The molecule has 0 atom stereocenters. The zero-order valence-electron chi connectivity index (χ0n) is 17.5. The van der Waals surface area contributed by atoms with Crippen LogP contribution >= 0.6 is 11.6 Å². The maximum Gasteiger partial charge on any atom is 0.416 e. The van der Waals surface area contributed by atoms with Crippen LogP contribution in [-0.2, 0) is 6.18 Å². The highest BCUT2D eigenvalue weighted by Gasteiger charge is 2.30. The topological polar surface area (TPSA) is 69.0 Å². The van der Waals surface area contributed by atoms with Crippen LogP contribution in [0.25, 0.3) is 10.9 Å². The van der Waals surface area contributed by atoms with Crippen molar-refractivity contribution in [1.29, 1.82) is 0 Å². The monoisotopic (exact) mass is 474 g/mol. The van der Waals surface area contributed by atoms with Gasteiger partial charge in [-0.25, -0.2) is 9.97 Å². The summed E-state index contributed by atoms with van der Waals surface area (Å²) in [7, 11) is 0. The van der Waals surface area contributed by atoms with E-state index < -0.39 is 17.6 Å². The summed E-state index contributed by atoms with van der Waals surface area (Å²) < 4.78 is 46.6. The standard InChI is InChI=1S/C23H18ClF3N4O2/c1-13(2)31-11-18(22(32)30-15-5-3-4-14(8-15)23(25,26)27)17-7-6-16(9-19(17)31)33-21-10-20(24)28-12-29-21/h3-13H,1-2H3,(H,30,32). The van der Waals surface area contributed by atoms with Gasteiger partial charge in [-0.3, -0.25) is 4.79 Å². The molecule has 1 amide bonds. The Hall–Kier alpha value is -3.59. The summed E-state index contributed by atoms with van der Waals surface area (Å²) in [6.45, 7) is 3.90. The molecule has 10 heteroatoms. The number of alkyl halides is 3. The van der Waals surface area contributed by atoms with Gasteiger partial charge in [0.1, 0.15) is 17.2 Å². The fourth-order valence-electron chi connectivity index (χ4n) is 3.37. The third kappa shape index (κ3) is 4.93. The van der Waals surface area contributed by atoms with Crippen LogP contribution in [0.3, 0.4) is 0 Å². The van der Waals surface area contributed by atoms with E-state index in [9.17, 15) is 18.0 Å². The zero-order valence-corrected chi connectivity index (χ0v) is 18.3. The van der Waals surface area contributed by atoms with Crippen LogP contribution in [0.1, 0.15) is 35.8 Å². The van der Waals surface area contributed by atoms with Crippen LogP contribution in [-0.4, -0.2) is 20.4 Å². The Labute approximate surface area is 192 Å². The predicted molar refractivity (Wildman–Crippen MR) is 119 cm³/mol. The summed E-state index contributed by atoms with van der Waals surface area (Å²) in [5, 5.41) is 3.42. The van der Waals surface area contributed by atoms with Gasteiger partial charge in [-0.15, -0.1) is 0 Å². The van der Waals surface area contributed by atoms with Gasteiger partial charge >= 0.3 is 6.18 Å². The number of rotatable bonds is 5. The van der Waals surface area contributed by atoms with Gasteiger partial charge in [0.2, 0.25) is 5.88 Å². The lowest BCUT2D eigenvalue weighted by Crippen LogP contribution is -2.13. The van der Waals surface area contributed by atoms with Gasteiger partial charge in [-0.05, 0) is 44.2 Å². The van der Waals surface area contributed by atoms with Crippen LogP contribution in [0.2, 0.25) is 5.15 Å². The normalized spacial score (nSPS) is 11.7. The minimum absolute atomic E-state index is 0.00588. The molecule has 33 heavy (non-hydrogen) atoms. The molecule has 4 rings (SSSR count). The first-order valence-corrected chi connectivity index (χ1v) is 10.3. The van der Waals surface area contributed by atoms with E-state index in [2.05, 4.69) is 15.3 Å². The maximum atomic E-state index is 13.0. The molecule has 0 aliphatic rings. The van der Waals surface area contributed by atoms with Crippen molar-refractivity contribution in [3.05, 3.63) is 77.3 Å². The van der Waals surface area contributed by atoms with Gasteiger partial charge in [0.05, 0.1) is 16.6 Å². The molecule has 0 aliphatic heterocycles. The number of carbonyl (C=O) groups is 1. The number of amides is 1. The lowest BCUT2D eigenvalue weighted by Gasteiger charge is -2.10. The van der Waals surface area contributed by atoms with Crippen LogP contribution in [0.4, 0.5) is 18.9 Å². The second-order valence-electron chi connectivity index (χ2n) is 7.54. The van der Waals surface area contributed by atoms with E-state index in [0.717, 1.165) is 17.6 Å². The molecule has 0 spiro atoms. The van der Waals surface area contributed by atoms with E-state index in [0.29, 0.717) is 16.7 Å². The van der Waals surface area contributed by atoms with Gasteiger partial charge in [-0.1, -0.05) is 17.7 Å². The number of aromatic nitrogens is 3. The van der Waals surface area contributed by atoms with E-state index >= 15 is 0 Å². The van der Waals surface area contributed by atoms with Crippen molar-refractivity contribution in [3.8, 4) is 11.6 Å². The SMILES string of the molecule is CC(C)n1cc(C(=O)Nc2cccc(C(F)(F)F)c2)c2ccc(Oc3cc(Cl)ncn3)cc21. The lowest BCUT2D eigenvalue weighted by molar-refractivity contribution is -0.137. The van der Waals surface area contributed by atoms with Crippen molar-refractivity contribution >= 4 is 34.1 Å². The Morgan fingerprint density at radius 3 is 2.61 bits per heavy atom. The smallest absolute Gasteiger partial charge is 0.416 e. The Balaban J connectivity index is 1.67. The van der Waals surface area contributed by atoms with Crippen molar-refractivity contribution in [2.45, 2.75) is 26.1 Å². The van der Waals surface area contributed by atoms with Crippen molar-refractivity contribution < 1.29 is 22.7 Å². The number of carbonyl (C=O) groups excluding carboxylic acids is 1. The highest BCUT2D eigenvalue weighted by atomic mass is 35.5. The lowest BCUT2D eigenvalue weighted by atomic mass is 10.1. The van der Waals surface area contributed by atoms with Gasteiger partial charge in [0.25, 0.3) is 5.91 Å². The van der Waals surface area contributed by atoms with E-state index in [1.807, 2.05) is 18.4 Å². The number of fused-ring (bicyclic) bond motifs is 1. The largest absolute Gasteiger partial charge is 0.439 e. The first kappa shape index (κ1) is 22.6. The molecule has 1 N–H and O–H groups in total. The maximum absolute atomic E-state index is 13.0. The van der Waals surface area contributed by atoms with Gasteiger partial charge in [-0.2, -0.15) is 13.2 Å². The van der Waals surface area contributed by atoms with Gasteiger partial charge in [0.15, 0.2) is 0 Å². The Morgan fingerprint density at radius 2 is 1.91 bits per heavy atom. The molecule has 0 saturated carbocycles. The second-order valence-corrected chi connectivity index (χ2v) is 7.92.